The number of sulfonamides is 1. The number of hydrogen-bond donors (Lipinski definition) is 1. The Kier molecular flexibility index (Phi) is 5.30. The van der Waals surface area contributed by atoms with E-state index in [1.165, 1.54) is 16.6 Å². The summed E-state index contributed by atoms with van der Waals surface area (Å²) in [7, 11) is -1.64. The number of benzene rings is 2. The molecule has 2 atom stereocenters. The van der Waals surface area contributed by atoms with Crippen LogP contribution in [-0.4, -0.2) is 36.2 Å². The zero-order valence-corrected chi connectivity index (χ0v) is 18.2. The van der Waals surface area contributed by atoms with E-state index in [0.717, 1.165) is 5.56 Å². The molecule has 1 aliphatic heterocycles. The number of carbonyl (C=O) groups is 1. The quantitative estimate of drug-likeness (QED) is 0.659. The number of nitrogens with one attached hydrogen (secondary N) is 1. The van der Waals surface area contributed by atoms with Gasteiger partial charge in [0.05, 0.1) is 11.9 Å². The molecule has 7 nitrogen and oxygen atoms in total. The Hall–Kier alpha value is -3.20. The molecule has 0 saturated carbocycles. The van der Waals surface area contributed by atoms with Crippen LogP contribution in [0.2, 0.25) is 0 Å². The Morgan fingerprint density at radius 2 is 2.00 bits per heavy atom. The molecular weight excluding hydrogens is 419 g/mol. The molecule has 1 amide bonds. The van der Waals surface area contributed by atoms with Crippen molar-refractivity contribution in [2.75, 3.05) is 10.6 Å². The van der Waals surface area contributed by atoms with Gasteiger partial charge in [-0.25, -0.2) is 17.8 Å². The number of aromatic nitrogens is 2. The Labute approximate surface area is 180 Å². The van der Waals surface area contributed by atoms with Crippen LogP contribution in [0.5, 0.6) is 0 Å². The van der Waals surface area contributed by atoms with Gasteiger partial charge >= 0.3 is 0 Å². The maximum Gasteiger partial charge on any atom is 0.252 e. The minimum absolute atomic E-state index is 0.220. The van der Waals surface area contributed by atoms with Crippen molar-refractivity contribution in [3.8, 4) is 0 Å². The number of rotatable bonds is 5. The van der Waals surface area contributed by atoms with Gasteiger partial charge in [0, 0.05) is 36.6 Å². The van der Waals surface area contributed by atoms with Crippen molar-refractivity contribution < 1.29 is 17.6 Å². The first-order valence-corrected chi connectivity index (χ1v) is 11.7. The highest BCUT2D eigenvalue weighted by atomic mass is 32.2. The van der Waals surface area contributed by atoms with Gasteiger partial charge in [-0.3, -0.25) is 9.10 Å². The third-order valence-electron chi connectivity index (χ3n) is 5.46. The van der Waals surface area contributed by atoms with Crippen LogP contribution >= 0.6 is 0 Å². The van der Waals surface area contributed by atoms with Crippen molar-refractivity contribution in [2.45, 2.75) is 25.4 Å². The van der Waals surface area contributed by atoms with Crippen molar-refractivity contribution in [3.05, 3.63) is 83.2 Å². The predicted octanol–water partition coefficient (Wildman–Crippen LogP) is 2.79. The smallest absolute Gasteiger partial charge is 0.252 e. The Balaban J connectivity index is 1.67. The molecule has 162 valence electrons. The fourth-order valence-corrected chi connectivity index (χ4v) is 5.37. The van der Waals surface area contributed by atoms with Crippen LogP contribution in [0, 0.1) is 5.82 Å². The van der Waals surface area contributed by atoms with Gasteiger partial charge in [-0.15, -0.1) is 0 Å². The second kappa shape index (κ2) is 7.81. The summed E-state index contributed by atoms with van der Waals surface area (Å²) in [5, 5.41) is 2.88. The van der Waals surface area contributed by atoms with Crippen LogP contribution in [0.4, 0.5) is 10.1 Å². The lowest BCUT2D eigenvalue weighted by Gasteiger charge is -2.22. The monoisotopic (exact) mass is 442 g/mol. The van der Waals surface area contributed by atoms with Gasteiger partial charge in [-0.2, -0.15) is 0 Å². The van der Waals surface area contributed by atoms with Gasteiger partial charge in [0.15, 0.2) is 0 Å². The zero-order chi connectivity index (χ0) is 22.3. The van der Waals surface area contributed by atoms with Gasteiger partial charge < -0.3 is 9.88 Å². The summed E-state index contributed by atoms with van der Waals surface area (Å²) >= 11 is 0. The molecule has 0 radical (unpaired) electrons. The SMILES string of the molecule is C[C@@H]1Cc2cc(C(=O)N[C@@H](c3ccccc3F)c3nccn3C)ccc2N1S(C)(=O)=O. The number of carbonyl (C=O) groups excluding carboxylic acids is 1. The first-order chi connectivity index (χ1) is 14.7. The van der Waals surface area contributed by atoms with Gasteiger partial charge in [0.2, 0.25) is 10.0 Å². The fraction of sp³-hybridized carbons (Fsp3) is 0.273. The Morgan fingerprint density at radius 3 is 2.65 bits per heavy atom. The summed E-state index contributed by atoms with van der Waals surface area (Å²) in [6.45, 7) is 1.83. The van der Waals surface area contributed by atoms with E-state index in [-0.39, 0.29) is 6.04 Å². The second-order valence-corrected chi connectivity index (χ2v) is 9.64. The van der Waals surface area contributed by atoms with E-state index < -0.39 is 27.8 Å². The summed E-state index contributed by atoms with van der Waals surface area (Å²) in [6.07, 6.45) is 5.00. The van der Waals surface area contributed by atoms with Gasteiger partial charge in [-0.05, 0) is 43.2 Å². The molecule has 1 aliphatic rings. The number of halogens is 1. The van der Waals surface area contributed by atoms with E-state index in [1.54, 1.807) is 60.4 Å². The molecule has 0 bridgehead atoms. The molecule has 0 saturated heterocycles. The molecule has 31 heavy (non-hydrogen) atoms. The number of imidazole rings is 1. The molecule has 2 heterocycles. The molecule has 9 heteroatoms. The average Bonchev–Trinajstić information content (AvgIpc) is 3.27. The first kappa shape index (κ1) is 21.0. The molecule has 0 aliphatic carbocycles. The number of amides is 1. The average molecular weight is 443 g/mol. The minimum Gasteiger partial charge on any atom is -0.338 e. The van der Waals surface area contributed by atoms with E-state index in [1.807, 2.05) is 6.92 Å². The third-order valence-corrected chi connectivity index (χ3v) is 6.73. The molecular formula is C22H23FN4O3S. The second-order valence-electron chi connectivity index (χ2n) is 7.78. The Bertz CT molecular complexity index is 1260. The summed E-state index contributed by atoms with van der Waals surface area (Å²) in [5.74, 6) is -0.344. The van der Waals surface area contributed by atoms with E-state index in [0.29, 0.717) is 29.1 Å². The lowest BCUT2D eigenvalue weighted by molar-refractivity contribution is 0.0940. The van der Waals surface area contributed by atoms with Crippen molar-refractivity contribution in [1.82, 2.24) is 14.9 Å². The van der Waals surface area contributed by atoms with E-state index in [2.05, 4.69) is 10.3 Å². The van der Waals surface area contributed by atoms with Gasteiger partial charge in [-0.1, -0.05) is 18.2 Å². The van der Waals surface area contributed by atoms with Crippen LogP contribution in [0.3, 0.4) is 0 Å². The molecule has 2 aromatic carbocycles. The van der Waals surface area contributed by atoms with E-state index in [4.69, 9.17) is 0 Å². The van der Waals surface area contributed by atoms with Gasteiger partial charge in [0.1, 0.15) is 17.7 Å². The van der Waals surface area contributed by atoms with Crippen LogP contribution in [-0.2, 0) is 23.5 Å². The maximum absolute atomic E-state index is 14.5. The molecule has 1 aromatic heterocycles. The molecule has 3 aromatic rings. The van der Waals surface area contributed by atoms with Crippen molar-refractivity contribution >= 4 is 21.6 Å². The third kappa shape index (κ3) is 3.93. The number of anilines is 1. The van der Waals surface area contributed by atoms with Crippen molar-refractivity contribution in [2.24, 2.45) is 7.05 Å². The number of nitrogens with zero attached hydrogens (tertiary/aromatic N) is 3. The molecule has 0 spiro atoms. The normalized spacial score (nSPS) is 16.8. The van der Waals surface area contributed by atoms with Crippen LogP contribution in [0.25, 0.3) is 0 Å². The molecule has 4 rings (SSSR count). The number of fused-ring (bicyclic) bond motifs is 1. The number of hydrogen-bond acceptors (Lipinski definition) is 4. The molecule has 0 unspecified atom stereocenters. The summed E-state index contributed by atoms with van der Waals surface area (Å²) in [6, 6.07) is 10.2. The van der Waals surface area contributed by atoms with E-state index in [9.17, 15) is 17.6 Å². The lowest BCUT2D eigenvalue weighted by Crippen LogP contribution is -2.34. The van der Waals surface area contributed by atoms with Crippen molar-refractivity contribution in [1.29, 1.82) is 0 Å². The topological polar surface area (TPSA) is 84.3 Å². The molecule has 1 N–H and O–H groups in total. The van der Waals surface area contributed by atoms with Crippen LogP contribution in [0.1, 0.15) is 40.3 Å². The summed E-state index contributed by atoms with van der Waals surface area (Å²) in [4.78, 5) is 17.4. The highest BCUT2D eigenvalue weighted by Crippen LogP contribution is 2.35. The largest absolute Gasteiger partial charge is 0.338 e. The van der Waals surface area contributed by atoms with E-state index >= 15 is 0 Å². The highest BCUT2D eigenvalue weighted by Gasteiger charge is 2.33. The number of aryl methyl sites for hydroxylation is 1. The van der Waals surface area contributed by atoms with Crippen LogP contribution < -0.4 is 9.62 Å². The highest BCUT2D eigenvalue weighted by molar-refractivity contribution is 7.92. The molecule has 0 fully saturated rings. The first-order valence-electron chi connectivity index (χ1n) is 9.81. The van der Waals surface area contributed by atoms with Crippen molar-refractivity contribution in [3.63, 3.8) is 0 Å². The fourth-order valence-electron chi connectivity index (χ4n) is 4.11. The lowest BCUT2D eigenvalue weighted by atomic mass is 10.0. The van der Waals surface area contributed by atoms with Crippen LogP contribution in [0.15, 0.2) is 54.9 Å². The predicted molar refractivity (Wildman–Crippen MR) is 116 cm³/mol. The standard InChI is InChI=1S/C22H23FN4O3S/c1-14-12-16-13-15(8-9-19(16)27(14)31(3,29)30)22(28)25-20(21-24-10-11-26(21)2)17-6-4-5-7-18(17)23/h4-11,13-14,20H,12H2,1-3H3,(H,25,28)/t14-,20+/m1/s1. The van der Waals surface area contributed by atoms with Gasteiger partial charge in [0.25, 0.3) is 5.91 Å². The maximum atomic E-state index is 14.5. The Morgan fingerprint density at radius 1 is 1.26 bits per heavy atom. The minimum atomic E-state index is -3.41. The zero-order valence-electron chi connectivity index (χ0n) is 17.4. The summed E-state index contributed by atoms with van der Waals surface area (Å²) < 4.78 is 41.9. The summed E-state index contributed by atoms with van der Waals surface area (Å²) in [5.41, 5.74) is 2.05.